The van der Waals surface area contributed by atoms with Crippen molar-refractivity contribution in [1.29, 1.82) is 0 Å². The van der Waals surface area contributed by atoms with E-state index in [0.29, 0.717) is 37.5 Å². The Morgan fingerprint density at radius 3 is 2.21 bits per heavy atom. The number of carbonyl (C=O) groups excluding carboxylic acids is 2. The van der Waals surface area contributed by atoms with E-state index in [1.54, 1.807) is 13.0 Å². The molecule has 15 heteroatoms. The third kappa shape index (κ3) is 5.19. The summed E-state index contributed by atoms with van der Waals surface area (Å²) in [5.74, 6) is -1.73. The van der Waals surface area contributed by atoms with Crippen LogP contribution in [0.1, 0.15) is 37.8 Å². The normalized spacial score (nSPS) is 12.0. The third-order valence-electron chi connectivity index (χ3n) is 4.21. The van der Waals surface area contributed by atoms with Crippen molar-refractivity contribution in [1.82, 2.24) is 20.1 Å². The summed E-state index contributed by atoms with van der Waals surface area (Å²) < 4.78 is 79.3. The molecule has 0 fully saturated rings. The summed E-state index contributed by atoms with van der Waals surface area (Å²) in [4.78, 5) is 28.4. The molecule has 176 valence electrons. The van der Waals surface area contributed by atoms with Gasteiger partial charge in [0, 0.05) is 23.0 Å². The summed E-state index contributed by atoms with van der Waals surface area (Å²) in [7, 11) is 1.34. The van der Waals surface area contributed by atoms with Crippen molar-refractivity contribution in [3.63, 3.8) is 0 Å². The number of aromatic nitrogens is 3. The van der Waals surface area contributed by atoms with Gasteiger partial charge in [0.15, 0.2) is 11.4 Å². The van der Waals surface area contributed by atoms with Gasteiger partial charge in [0.05, 0.1) is 11.3 Å². The minimum absolute atomic E-state index is 0.000946. The first-order chi connectivity index (χ1) is 15.2. The average molecular weight is 556 g/mol. The average Bonchev–Trinajstić information content (AvgIpc) is 3.35. The number of anilines is 1. The van der Waals surface area contributed by atoms with Crippen LogP contribution in [0.2, 0.25) is 0 Å². The third-order valence-corrected chi connectivity index (χ3v) is 5.48. The molecule has 0 atom stereocenters. The second kappa shape index (κ2) is 8.78. The summed E-state index contributed by atoms with van der Waals surface area (Å²) >= 11 is 3.57. The van der Waals surface area contributed by atoms with Crippen molar-refractivity contribution in [2.24, 2.45) is 0 Å². The first kappa shape index (κ1) is 24.7. The lowest BCUT2D eigenvalue weighted by molar-refractivity contribution is -0.142. The van der Waals surface area contributed by atoms with Crippen LogP contribution < -0.4 is 10.6 Å². The number of hydrogen-bond donors (Lipinski definition) is 2. The van der Waals surface area contributed by atoms with Gasteiger partial charge in [-0.25, -0.2) is 4.98 Å². The fourth-order valence-corrected chi connectivity index (χ4v) is 4.09. The SMILES string of the molecule is CNC(=O)c1cc(Br)cc(C)c1NC(=O)c1cc(C(F)(F)F)nn1-c1nc(C(F)(F)F)cs1. The number of hydrogen-bond acceptors (Lipinski definition) is 5. The Bertz CT molecular complexity index is 1230. The highest BCUT2D eigenvalue weighted by atomic mass is 79.9. The predicted octanol–water partition coefficient (Wildman–Crippen LogP) is 5.05. The highest BCUT2D eigenvalue weighted by Crippen LogP contribution is 2.34. The summed E-state index contributed by atoms with van der Waals surface area (Å²) in [6, 6.07) is 3.32. The van der Waals surface area contributed by atoms with E-state index in [2.05, 4.69) is 36.6 Å². The molecule has 0 radical (unpaired) electrons. The van der Waals surface area contributed by atoms with Crippen molar-refractivity contribution < 1.29 is 35.9 Å². The molecule has 2 N–H and O–H groups in total. The molecule has 0 bridgehead atoms. The summed E-state index contributed by atoms with van der Waals surface area (Å²) in [6.07, 6.45) is -9.82. The molecule has 0 aliphatic heterocycles. The lowest BCUT2D eigenvalue weighted by atomic mass is 10.1. The van der Waals surface area contributed by atoms with E-state index in [1.165, 1.54) is 13.1 Å². The Labute approximate surface area is 193 Å². The maximum atomic E-state index is 13.2. The van der Waals surface area contributed by atoms with E-state index in [4.69, 9.17) is 0 Å². The minimum atomic E-state index is -4.98. The van der Waals surface area contributed by atoms with E-state index < -0.39 is 46.4 Å². The molecule has 0 aliphatic rings. The smallest absolute Gasteiger partial charge is 0.355 e. The van der Waals surface area contributed by atoms with Gasteiger partial charge in [-0.15, -0.1) is 11.3 Å². The van der Waals surface area contributed by atoms with E-state index >= 15 is 0 Å². The molecule has 7 nitrogen and oxygen atoms in total. The minimum Gasteiger partial charge on any atom is -0.355 e. The Morgan fingerprint density at radius 2 is 1.67 bits per heavy atom. The number of alkyl halides is 6. The van der Waals surface area contributed by atoms with E-state index in [0.717, 1.165) is 0 Å². The number of halogens is 7. The number of rotatable bonds is 4. The lowest BCUT2D eigenvalue weighted by Crippen LogP contribution is -2.23. The van der Waals surface area contributed by atoms with Crippen molar-refractivity contribution >= 4 is 44.8 Å². The van der Waals surface area contributed by atoms with Gasteiger partial charge in [-0.05, 0) is 24.6 Å². The van der Waals surface area contributed by atoms with Crippen LogP contribution in [0.25, 0.3) is 5.13 Å². The van der Waals surface area contributed by atoms with Gasteiger partial charge < -0.3 is 10.6 Å². The number of benzene rings is 1. The molecule has 0 spiro atoms. The van der Waals surface area contributed by atoms with Crippen LogP contribution in [0.4, 0.5) is 32.0 Å². The molecular weight excluding hydrogens is 544 g/mol. The van der Waals surface area contributed by atoms with Crippen LogP contribution in [-0.4, -0.2) is 33.6 Å². The molecule has 0 unspecified atom stereocenters. The lowest BCUT2D eigenvalue weighted by Gasteiger charge is -2.14. The van der Waals surface area contributed by atoms with Crippen LogP contribution in [0.15, 0.2) is 28.1 Å². The molecule has 0 saturated heterocycles. The number of nitrogens with one attached hydrogen (secondary N) is 2. The van der Waals surface area contributed by atoms with E-state index in [-0.39, 0.29) is 11.3 Å². The first-order valence-corrected chi connectivity index (χ1v) is 10.4. The quantitative estimate of drug-likeness (QED) is 0.441. The van der Waals surface area contributed by atoms with Gasteiger partial charge in [0.2, 0.25) is 5.13 Å². The van der Waals surface area contributed by atoms with Crippen LogP contribution in [0, 0.1) is 6.92 Å². The van der Waals surface area contributed by atoms with Gasteiger partial charge in [-0.3, -0.25) is 9.59 Å². The molecule has 2 aromatic heterocycles. The first-order valence-electron chi connectivity index (χ1n) is 8.76. The van der Waals surface area contributed by atoms with Crippen molar-refractivity contribution in [3.8, 4) is 5.13 Å². The van der Waals surface area contributed by atoms with Gasteiger partial charge in [-0.1, -0.05) is 15.9 Å². The van der Waals surface area contributed by atoms with Crippen LogP contribution in [0.5, 0.6) is 0 Å². The summed E-state index contributed by atoms with van der Waals surface area (Å²) in [6.45, 7) is 1.54. The van der Waals surface area contributed by atoms with Gasteiger partial charge in [-0.2, -0.15) is 36.1 Å². The number of thiazole rings is 1. The monoisotopic (exact) mass is 555 g/mol. The Balaban J connectivity index is 2.10. The van der Waals surface area contributed by atoms with Crippen LogP contribution in [-0.2, 0) is 12.4 Å². The van der Waals surface area contributed by atoms with Gasteiger partial charge in [0.25, 0.3) is 11.8 Å². The maximum Gasteiger partial charge on any atom is 0.435 e. The highest BCUT2D eigenvalue weighted by molar-refractivity contribution is 9.10. The van der Waals surface area contributed by atoms with Crippen molar-refractivity contribution in [2.45, 2.75) is 19.3 Å². The second-order valence-electron chi connectivity index (χ2n) is 6.52. The van der Waals surface area contributed by atoms with E-state index in [9.17, 15) is 35.9 Å². The number of amides is 2. The molecule has 0 saturated carbocycles. The van der Waals surface area contributed by atoms with Gasteiger partial charge >= 0.3 is 12.4 Å². The Morgan fingerprint density at radius 1 is 1.03 bits per heavy atom. The molecule has 0 aliphatic carbocycles. The summed E-state index contributed by atoms with van der Waals surface area (Å²) in [5, 5.41) is 7.97. The zero-order chi connectivity index (χ0) is 24.7. The number of aryl methyl sites for hydroxylation is 1. The molecule has 1 aromatic carbocycles. The fourth-order valence-electron chi connectivity index (χ4n) is 2.72. The van der Waals surface area contributed by atoms with Crippen LogP contribution >= 0.6 is 27.3 Å². The molecule has 33 heavy (non-hydrogen) atoms. The molecule has 2 heterocycles. The van der Waals surface area contributed by atoms with Crippen LogP contribution in [0.3, 0.4) is 0 Å². The molecular formula is C18H12BrF6N5O2S. The zero-order valence-corrected chi connectivity index (χ0v) is 18.9. The number of nitrogens with zero attached hydrogens (tertiary/aromatic N) is 3. The Kier molecular flexibility index (Phi) is 6.57. The highest BCUT2D eigenvalue weighted by Gasteiger charge is 2.38. The number of carbonyl (C=O) groups is 2. The fraction of sp³-hybridized carbons (Fsp3) is 0.222. The Hall–Kier alpha value is -2.94. The van der Waals surface area contributed by atoms with Crippen molar-refractivity contribution in [3.05, 3.63) is 56.3 Å². The second-order valence-corrected chi connectivity index (χ2v) is 8.27. The van der Waals surface area contributed by atoms with Gasteiger partial charge in [0.1, 0.15) is 5.69 Å². The largest absolute Gasteiger partial charge is 0.435 e. The molecule has 2 amide bonds. The van der Waals surface area contributed by atoms with E-state index in [1.807, 2.05) is 0 Å². The maximum absolute atomic E-state index is 13.2. The molecule has 3 rings (SSSR count). The standard InChI is InChI=1S/C18H12BrF6N5O2S/c1-7-3-8(19)4-9(14(31)26-2)13(7)28-15(32)10-5-11(17(20,21)22)29-30(10)16-27-12(6-33-16)18(23,24)25/h3-6H,1-2H3,(H,26,31)(H,28,32). The summed E-state index contributed by atoms with van der Waals surface area (Å²) in [5.41, 5.74) is -3.17. The zero-order valence-electron chi connectivity index (χ0n) is 16.5. The van der Waals surface area contributed by atoms with Crippen molar-refractivity contribution in [2.75, 3.05) is 12.4 Å². The topological polar surface area (TPSA) is 88.9 Å². The predicted molar refractivity (Wildman–Crippen MR) is 109 cm³/mol. The molecule has 3 aromatic rings.